The number of carbonyl (C=O) groups excluding carboxylic acids is 1. The highest BCUT2D eigenvalue weighted by molar-refractivity contribution is 7.22. The molecule has 1 saturated carbocycles. The van der Waals surface area contributed by atoms with Gasteiger partial charge in [0.1, 0.15) is 0 Å². The number of fused-ring (bicyclic) bond motifs is 1. The second-order valence-corrected chi connectivity index (χ2v) is 8.09. The molecule has 7 heteroatoms. The van der Waals surface area contributed by atoms with Crippen LogP contribution in [0.15, 0.2) is 30.1 Å². The van der Waals surface area contributed by atoms with Gasteiger partial charge in [-0.25, -0.2) is 4.98 Å². The van der Waals surface area contributed by atoms with Crippen molar-refractivity contribution in [2.24, 2.45) is 11.7 Å². The van der Waals surface area contributed by atoms with Crippen molar-refractivity contribution in [2.75, 3.05) is 18.0 Å². The lowest BCUT2D eigenvalue weighted by Crippen LogP contribution is -2.39. The van der Waals surface area contributed by atoms with Gasteiger partial charge in [-0.2, -0.15) is 0 Å². The topological polar surface area (TPSA) is 71.2 Å². The molecule has 140 valence electrons. The summed E-state index contributed by atoms with van der Waals surface area (Å²) in [6.45, 7) is 3.14. The molecule has 2 aromatic rings. The number of hydrogen-bond donors (Lipinski definition) is 2. The second-order valence-electron chi connectivity index (χ2n) is 6.64. The fraction of sp³-hybridized carbons (Fsp3) is 0.474. The number of nitrogens with zero attached hydrogens (tertiary/aromatic N) is 2. The number of nitrogens with one attached hydrogen (secondary N) is 1. The maximum absolute atomic E-state index is 13.2. The van der Waals surface area contributed by atoms with Crippen LogP contribution in [0.25, 0.3) is 10.2 Å². The number of thiazole rings is 1. The van der Waals surface area contributed by atoms with Gasteiger partial charge in [-0.05, 0) is 38.0 Å². The molecule has 1 aliphatic carbocycles. The number of aromatic nitrogens is 1. The first-order chi connectivity index (χ1) is 12.6. The Labute approximate surface area is 163 Å². The van der Waals surface area contributed by atoms with Crippen molar-refractivity contribution in [3.8, 4) is 0 Å². The van der Waals surface area contributed by atoms with Crippen LogP contribution in [-0.4, -0.2) is 24.0 Å². The van der Waals surface area contributed by atoms with E-state index in [0.29, 0.717) is 22.4 Å². The average molecular weight is 393 g/mol. The molecule has 0 bridgehead atoms. The monoisotopic (exact) mass is 392 g/mol. The van der Waals surface area contributed by atoms with Crippen LogP contribution in [0.2, 0.25) is 5.02 Å². The van der Waals surface area contributed by atoms with E-state index in [2.05, 4.69) is 10.3 Å². The number of carbonyl (C=O) groups is 1. The van der Waals surface area contributed by atoms with Crippen LogP contribution in [0.1, 0.15) is 39.0 Å². The van der Waals surface area contributed by atoms with E-state index in [1.54, 1.807) is 11.1 Å². The molecule has 3 N–H and O–H groups in total. The van der Waals surface area contributed by atoms with Crippen LogP contribution in [0.5, 0.6) is 0 Å². The second kappa shape index (κ2) is 8.73. The molecule has 0 atom stereocenters. The molecule has 1 aromatic heterocycles. The molecular weight excluding hydrogens is 368 g/mol. The number of halogens is 1. The largest absolute Gasteiger partial charge is 0.399 e. The van der Waals surface area contributed by atoms with Gasteiger partial charge < -0.3 is 11.1 Å². The smallest absolute Gasteiger partial charge is 0.232 e. The van der Waals surface area contributed by atoms with Gasteiger partial charge in [0, 0.05) is 29.4 Å². The van der Waals surface area contributed by atoms with E-state index >= 15 is 0 Å². The molecule has 0 spiro atoms. The number of anilines is 1. The summed E-state index contributed by atoms with van der Waals surface area (Å²) in [6, 6.07) is 5.60. The Kier molecular flexibility index (Phi) is 6.38. The number of amides is 1. The van der Waals surface area contributed by atoms with Crippen LogP contribution >= 0.6 is 22.9 Å². The van der Waals surface area contributed by atoms with Crippen molar-refractivity contribution in [3.05, 3.63) is 35.1 Å². The van der Waals surface area contributed by atoms with Gasteiger partial charge in [0.05, 0.1) is 16.8 Å². The minimum absolute atomic E-state index is 0.0614. The molecule has 3 rings (SSSR count). The highest BCUT2D eigenvalue weighted by Crippen LogP contribution is 2.33. The summed E-state index contributed by atoms with van der Waals surface area (Å²) < 4.78 is 0.975. The normalized spacial score (nSPS) is 16.0. The number of hydrogen-bond acceptors (Lipinski definition) is 5. The third-order valence-corrected chi connectivity index (χ3v) is 5.90. The van der Waals surface area contributed by atoms with Crippen molar-refractivity contribution < 1.29 is 4.79 Å². The molecule has 1 aliphatic rings. The highest BCUT2D eigenvalue weighted by Gasteiger charge is 2.29. The van der Waals surface area contributed by atoms with E-state index in [1.807, 2.05) is 25.1 Å². The Morgan fingerprint density at radius 2 is 2.19 bits per heavy atom. The Morgan fingerprint density at radius 1 is 1.42 bits per heavy atom. The van der Waals surface area contributed by atoms with E-state index in [-0.39, 0.29) is 11.8 Å². The highest BCUT2D eigenvalue weighted by atomic mass is 35.5. The van der Waals surface area contributed by atoms with E-state index in [1.165, 1.54) is 17.8 Å². The quantitative estimate of drug-likeness (QED) is 0.769. The summed E-state index contributed by atoms with van der Waals surface area (Å²) in [5, 5.41) is 4.45. The molecule has 1 aromatic carbocycles. The molecule has 1 fully saturated rings. The lowest BCUT2D eigenvalue weighted by Gasteiger charge is -2.27. The molecular formula is C19H25ClN4OS. The van der Waals surface area contributed by atoms with E-state index < -0.39 is 0 Å². The minimum atomic E-state index is 0.0614. The lowest BCUT2D eigenvalue weighted by molar-refractivity contribution is -0.123. The summed E-state index contributed by atoms with van der Waals surface area (Å²) in [4.78, 5) is 19.6. The zero-order valence-electron chi connectivity index (χ0n) is 15.0. The first kappa shape index (κ1) is 19.0. The molecule has 1 heterocycles. The molecule has 0 radical (unpaired) electrons. The van der Waals surface area contributed by atoms with Crippen molar-refractivity contribution in [3.63, 3.8) is 0 Å². The standard InChI is InChI=1S/C19H25ClN4OS/c1-2-22-11-15(21)12-24(18(25)13-6-4-3-5-7-13)19-23-16-9-8-14(20)10-17(16)26-19/h8-11,13,22H,2-7,12,21H2,1H3/b15-11-. The lowest BCUT2D eigenvalue weighted by atomic mass is 9.88. The van der Waals surface area contributed by atoms with Crippen LogP contribution in [-0.2, 0) is 4.79 Å². The summed E-state index contributed by atoms with van der Waals surface area (Å²) in [6.07, 6.45) is 7.10. The van der Waals surface area contributed by atoms with Gasteiger partial charge in [-0.1, -0.05) is 42.2 Å². The molecule has 0 aliphatic heterocycles. The molecule has 26 heavy (non-hydrogen) atoms. The Balaban J connectivity index is 1.90. The summed E-state index contributed by atoms with van der Waals surface area (Å²) in [5.74, 6) is 0.189. The van der Waals surface area contributed by atoms with Crippen LogP contribution in [0, 0.1) is 5.92 Å². The number of nitrogens with two attached hydrogens (primary N) is 1. The Hall–Kier alpha value is -1.79. The fourth-order valence-corrected chi connectivity index (χ4v) is 4.52. The third kappa shape index (κ3) is 4.48. The molecule has 5 nitrogen and oxygen atoms in total. The minimum Gasteiger partial charge on any atom is -0.399 e. The van der Waals surface area contributed by atoms with Crippen LogP contribution in [0.3, 0.4) is 0 Å². The van der Waals surface area contributed by atoms with Gasteiger partial charge in [-0.15, -0.1) is 0 Å². The van der Waals surface area contributed by atoms with Crippen molar-refractivity contribution in [2.45, 2.75) is 39.0 Å². The average Bonchev–Trinajstić information content (AvgIpc) is 3.07. The van der Waals surface area contributed by atoms with Crippen LogP contribution in [0.4, 0.5) is 5.13 Å². The van der Waals surface area contributed by atoms with Gasteiger partial charge in [0.15, 0.2) is 5.13 Å². The van der Waals surface area contributed by atoms with Crippen molar-refractivity contribution in [1.82, 2.24) is 10.3 Å². The van der Waals surface area contributed by atoms with Gasteiger partial charge in [-0.3, -0.25) is 9.69 Å². The number of rotatable bonds is 6. The Bertz CT molecular complexity index is 798. The van der Waals surface area contributed by atoms with Crippen molar-refractivity contribution in [1.29, 1.82) is 0 Å². The van der Waals surface area contributed by atoms with Gasteiger partial charge in [0.25, 0.3) is 0 Å². The molecule has 0 saturated heterocycles. The van der Waals surface area contributed by atoms with Crippen LogP contribution < -0.4 is 16.0 Å². The number of benzene rings is 1. The summed E-state index contributed by atoms with van der Waals surface area (Å²) in [5.41, 5.74) is 7.61. The van der Waals surface area contributed by atoms with Gasteiger partial charge >= 0.3 is 0 Å². The molecule has 0 unspecified atom stereocenters. The predicted molar refractivity (Wildman–Crippen MR) is 110 cm³/mol. The van der Waals surface area contributed by atoms with E-state index in [0.717, 1.165) is 42.4 Å². The van der Waals surface area contributed by atoms with Crippen molar-refractivity contribution >= 4 is 44.2 Å². The first-order valence-electron chi connectivity index (χ1n) is 9.14. The molecule has 1 amide bonds. The third-order valence-electron chi connectivity index (χ3n) is 4.62. The van der Waals surface area contributed by atoms with E-state index in [9.17, 15) is 4.79 Å². The van der Waals surface area contributed by atoms with Gasteiger partial charge in [0.2, 0.25) is 5.91 Å². The summed E-state index contributed by atoms with van der Waals surface area (Å²) >= 11 is 7.58. The zero-order chi connectivity index (χ0) is 18.5. The SMILES string of the molecule is CCN/C=C(\N)CN(C(=O)C1CCCCC1)c1nc2ccc(Cl)cc2s1. The maximum Gasteiger partial charge on any atom is 0.232 e. The predicted octanol–water partition coefficient (Wildman–Crippen LogP) is 4.27. The fourth-order valence-electron chi connectivity index (χ4n) is 3.27. The Morgan fingerprint density at radius 3 is 2.92 bits per heavy atom. The zero-order valence-corrected chi connectivity index (χ0v) is 16.6. The summed E-state index contributed by atoms with van der Waals surface area (Å²) in [7, 11) is 0. The maximum atomic E-state index is 13.2. The van der Waals surface area contributed by atoms with E-state index in [4.69, 9.17) is 17.3 Å². The first-order valence-corrected chi connectivity index (χ1v) is 10.3.